The second-order valence-electron chi connectivity index (χ2n) is 5.84. The Hall–Kier alpha value is -2.40. The summed E-state index contributed by atoms with van der Waals surface area (Å²) in [5.74, 6) is 0.240. The molecule has 1 atom stereocenters. The lowest BCUT2D eigenvalue weighted by Crippen LogP contribution is -2.31. The van der Waals surface area contributed by atoms with Crippen molar-refractivity contribution in [2.24, 2.45) is 10.8 Å². The number of aryl methyl sites for hydroxylation is 2. The first kappa shape index (κ1) is 15.5. The minimum Gasteiger partial charge on any atom is -0.508 e. The summed E-state index contributed by atoms with van der Waals surface area (Å²) in [5, 5.41) is 16.0. The van der Waals surface area contributed by atoms with E-state index < -0.39 is 0 Å². The van der Waals surface area contributed by atoms with Gasteiger partial charge in [0.1, 0.15) is 5.75 Å². The Bertz CT molecular complexity index is 783. The molecule has 0 saturated heterocycles. The zero-order valence-corrected chi connectivity index (χ0v) is 14.0. The molecular formula is C18H19N3OS. The number of phenolic OH excluding ortho intramolecular Hbond substituents is 1. The molecule has 0 saturated carbocycles. The predicted octanol–water partition coefficient (Wildman–Crippen LogP) is 3.40. The molecule has 0 amide bonds. The van der Waals surface area contributed by atoms with E-state index in [1.54, 1.807) is 17.1 Å². The summed E-state index contributed by atoms with van der Waals surface area (Å²) in [6, 6.07) is 13.4. The Morgan fingerprint density at radius 1 is 1.17 bits per heavy atom. The fraction of sp³-hybridized carbons (Fsp3) is 0.222. The lowest BCUT2D eigenvalue weighted by molar-refractivity contribution is 0.372. The quantitative estimate of drug-likeness (QED) is 0.831. The van der Waals surface area contributed by atoms with E-state index in [9.17, 15) is 5.11 Å². The van der Waals surface area contributed by atoms with Gasteiger partial charge in [0.15, 0.2) is 5.11 Å². The van der Waals surface area contributed by atoms with E-state index in [1.165, 1.54) is 11.1 Å². The molecule has 2 aromatic carbocycles. The monoisotopic (exact) mass is 325 g/mol. The molecule has 0 aliphatic carbocycles. The molecule has 4 nitrogen and oxygen atoms in total. The van der Waals surface area contributed by atoms with Crippen LogP contribution in [-0.2, 0) is 0 Å². The van der Waals surface area contributed by atoms with Crippen LogP contribution < -0.4 is 5.73 Å². The van der Waals surface area contributed by atoms with Crippen molar-refractivity contribution in [3.05, 3.63) is 64.7 Å². The van der Waals surface area contributed by atoms with E-state index in [0.717, 1.165) is 23.3 Å². The Kier molecular flexibility index (Phi) is 4.05. The number of thiocarbonyl (C=S) groups is 1. The molecule has 3 rings (SSSR count). The highest BCUT2D eigenvalue weighted by molar-refractivity contribution is 7.80. The van der Waals surface area contributed by atoms with Crippen molar-refractivity contribution in [1.82, 2.24) is 5.01 Å². The second-order valence-corrected chi connectivity index (χ2v) is 6.26. The van der Waals surface area contributed by atoms with Crippen molar-refractivity contribution in [2.45, 2.75) is 26.3 Å². The second kappa shape index (κ2) is 6.01. The van der Waals surface area contributed by atoms with Gasteiger partial charge < -0.3 is 10.8 Å². The van der Waals surface area contributed by atoms with Crippen molar-refractivity contribution in [2.75, 3.05) is 0 Å². The molecule has 0 spiro atoms. The number of rotatable bonds is 2. The molecule has 2 aromatic rings. The number of hydrogen-bond donors (Lipinski definition) is 2. The van der Waals surface area contributed by atoms with Gasteiger partial charge in [0.25, 0.3) is 0 Å². The average molecular weight is 325 g/mol. The van der Waals surface area contributed by atoms with E-state index in [1.807, 2.05) is 12.1 Å². The van der Waals surface area contributed by atoms with Crippen molar-refractivity contribution >= 4 is 23.0 Å². The summed E-state index contributed by atoms with van der Waals surface area (Å²) in [4.78, 5) is 0. The first-order valence-corrected chi connectivity index (χ1v) is 7.89. The summed E-state index contributed by atoms with van der Waals surface area (Å²) < 4.78 is 0. The Morgan fingerprint density at radius 2 is 1.87 bits per heavy atom. The van der Waals surface area contributed by atoms with Gasteiger partial charge in [-0.05, 0) is 66.5 Å². The summed E-state index contributed by atoms with van der Waals surface area (Å²) in [5.41, 5.74) is 11.4. The van der Waals surface area contributed by atoms with Crippen LogP contribution in [0.1, 0.15) is 34.7 Å². The maximum atomic E-state index is 9.47. The van der Waals surface area contributed by atoms with Crippen molar-refractivity contribution in [1.29, 1.82) is 0 Å². The smallest absolute Gasteiger partial charge is 0.187 e. The van der Waals surface area contributed by atoms with Crippen LogP contribution in [0.3, 0.4) is 0 Å². The standard InChI is InChI=1S/C18H19N3OS/c1-11-3-4-14(9-12(11)2)16-10-17(21(20-16)18(19)23)13-5-7-15(22)8-6-13/h3-9,17,22H,10H2,1-2H3,(H2,19,23). The average Bonchev–Trinajstić information content (AvgIpc) is 2.96. The molecule has 1 unspecified atom stereocenters. The van der Waals surface area contributed by atoms with E-state index >= 15 is 0 Å². The fourth-order valence-electron chi connectivity index (χ4n) is 2.77. The van der Waals surface area contributed by atoms with E-state index in [4.69, 9.17) is 18.0 Å². The van der Waals surface area contributed by atoms with Crippen LogP contribution in [0.5, 0.6) is 5.75 Å². The van der Waals surface area contributed by atoms with Gasteiger partial charge in [-0.15, -0.1) is 0 Å². The highest BCUT2D eigenvalue weighted by Gasteiger charge is 2.30. The van der Waals surface area contributed by atoms with Crippen LogP contribution in [-0.4, -0.2) is 20.9 Å². The molecule has 1 aliphatic heterocycles. The van der Waals surface area contributed by atoms with Crippen LogP contribution in [0, 0.1) is 13.8 Å². The molecule has 5 heteroatoms. The van der Waals surface area contributed by atoms with Gasteiger partial charge in [0.05, 0.1) is 11.8 Å². The van der Waals surface area contributed by atoms with Crippen LogP contribution in [0.25, 0.3) is 0 Å². The van der Waals surface area contributed by atoms with Gasteiger partial charge in [0.2, 0.25) is 0 Å². The number of nitrogens with two attached hydrogens (primary N) is 1. The minimum atomic E-state index is -0.0373. The SMILES string of the molecule is Cc1ccc(C2=NN(C(N)=S)C(c3ccc(O)cc3)C2)cc1C. The minimum absolute atomic E-state index is 0.0373. The first-order valence-electron chi connectivity index (χ1n) is 7.48. The third kappa shape index (κ3) is 3.05. The van der Waals surface area contributed by atoms with Crippen LogP contribution in [0.2, 0.25) is 0 Å². The van der Waals surface area contributed by atoms with Gasteiger partial charge in [-0.1, -0.05) is 24.3 Å². The van der Waals surface area contributed by atoms with Gasteiger partial charge >= 0.3 is 0 Å². The van der Waals surface area contributed by atoms with Crippen molar-refractivity contribution in [3.8, 4) is 5.75 Å². The molecule has 0 fully saturated rings. The summed E-state index contributed by atoms with van der Waals surface area (Å²) in [7, 11) is 0. The van der Waals surface area contributed by atoms with E-state index in [2.05, 4.69) is 37.1 Å². The Labute approximate surface area is 141 Å². The number of hydrazone groups is 1. The fourth-order valence-corrected chi connectivity index (χ4v) is 2.93. The topological polar surface area (TPSA) is 61.8 Å². The van der Waals surface area contributed by atoms with Crippen LogP contribution in [0.15, 0.2) is 47.6 Å². The van der Waals surface area contributed by atoms with E-state index in [-0.39, 0.29) is 16.9 Å². The maximum absolute atomic E-state index is 9.47. The van der Waals surface area contributed by atoms with Gasteiger partial charge in [-0.3, -0.25) is 0 Å². The molecule has 0 bridgehead atoms. The predicted molar refractivity (Wildman–Crippen MR) is 96.5 cm³/mol. The maximum Gasteiger partial charge on any atom is 0.187 e. The summed E-state index contributed by atoms with van der Waals surface area (Å²) in [6.45, 7) is 4.19. The van der Waals surface area contributed by atoms with Crippen LogP contribution in [0.4, 0.5) is 0 Å². The highest BCUT2D eigenvalue weighted by Crippen LogP contribution is 2.33. The number of benzene rings is 2. The number of phenols is 1. The highest BCUT2D eigenvalue weighted by atomic mass is 32.1. The zero-order chi connectivity index (χ0) is 16.6. The van der Waals surface area contributed by atoms with Crippen LogP contribution >= 0.6 is 12.2 Å². The molecule has 1 heterocycles. The van der Waals surface area contributed by atoms with Gasteiger partial charge in [0, 0.05) is 6.42 Å². The third-order valence-corrected chi connectivity index (χ3v) is 4.44. The van der Waals surface area contributed by atoms with Crippen molar-refractivity contribution in [3.63, 3.8) is 0 Å². The Morgan fingerprint density at radius 3 is 2.48 bits per heavy atom. The van der Waals surface area contributed by atoms with Gasteiger partial charge in [-0.2, -0.15) is 5.10 Å². The first-order chi connectivity index (χ1) is 11.0. The number of hydrogen-bond acceptors (Lipinski definition) is 3. The third-order valence-electron chi connectivity index (χ3n) is 4.25. The molecular weight excluding hydrogens is 306 g/mol. The molecule has 1 aliphatic rings. The largest absolute Gasteiger partial charge is 0.508 e. The molecule has 118 valence electrons. The number of nitrogens with zero attached hydrogens (tertiary/aromatic N) is 2. The summed E-state index contributed by atoms with van der Waals surface area (Å²) >= 11 is 5.15. The summed E-state index contributed by atoms with van der Waals surface area (Å²) in [6.07, 6.45) is 0.727. The van der Waals surface area contributed by atoms with E-state index in [0.29, 0.717) is 0 Å². The van der Waals surface area contributed by atoms with Crippen molar-refractivity contribution < 1.29 is 5.11 Å². The lowest BCUT2D eigenvalue weighted by atomic mass is 9.96. The molecule has 23 heavy (non-hydrogen) atoms. The molecule has 0 radical (unpaired) electrons. The zero-order valence-electron chi connectivity index (χ0n) is 13.2. The lowest BCUT2D eigenvalue weighted by Gasteiger charge is -2.21. The molecule has 3 N–H and O–H groups in total. The number of aromatic hydroxyl groups is 1. The van der Waals surface area contributed by atoms with Gasteiger partial charge in [-0.25, -0.2) is 5.01 Å². The normalized spacial score (nSPS) is 17.2. The Balaban J connectivity index is 1.95. The molecule has 0 aromatic heterocycles.